The first kappa shape index (κ1) is 14.3. The molecule has 0 unspecified atom stereocenters. The smallest absolute Gasteiger partial charge is 0.311 e. The molecular weight excluding hydrogens is 248 g/mol. The summed E-state index contributed by atoms with van der Waals surface area (Å²) in [5.41, 5.74) is 5.61. The molecule has 19 heavy (non-hydrogen) atoms. The van der Waals surface area contributed by atoms with Crippen molar-refractivity contribution < 1.29 is 19.1 Å². The van der Waals surface area contributed by atoms with Crippen LogP contribution in [0, 0.1) is 10.8 Å². The Morgan fingerprint density at radius 2 is 1.95 bits per heavy atom. The third-order valence-corrected chi connectivity index (χ3v) is 4.47. The summed E-state index contributed by atoms with van der Waals surface area (Å²) in [7, 11) is 2.98. The van der Waals surface area contributed by atoms with Gasteiger partial charge in [-0.3, -0.25) is 9.59 Å². The highest BCUT2D eigenvalue weighted by Crippen LogP contribution is 2.73. The number of ether oxygens (including phenoxy) is 2. The largest absolute Gasteiger partial charge is 0.469 e. The maximum atomic E-state index is 11.5. The van der Waals surface area contributed by atoms with Crippen LogP contribution in [0.15, 0.2) is 0 Å². The number of amides is 1. The molecule has 1 amide bonds. The molecule has 2 bridgehead atoms. The van der Waals surface area contributed by atoms with Crippen molar-refractivity contribution in [1.29, 1.82) is 0 Å². The van der Waals surface area contributed by atoms with Crippen LogP contribution in [-0.4, -0.2) is 44.8 Å². The van der Waals surface area contributed by atoms with Crippen LogP contribution in [0.1, 0.15) is 26.2 Å². The summed E-state index contributed by atoms with van der Waals surface area (Å²) in [4.78, 5) is 22.9. The van der Waals surface area contributed by atoms with E-state index in [9.17, 15) is 9.59 Å². The highest BCUT2D eigenvalue weighted by Gasteiger charge is 2.72. The fraction of sp³-hybridized carbons (Fsp3) is 0.846. The summed E-state index contributed by atoms with van der Waals surface area (Å²) in [6.07, 6.45) is 2.15. The number of carbonyl (C=O) groups is 2. The van der Waals surface area contributed by atoms with Crippen LogP contribution in [0.4, 0.5) is 0 Å². The van der Waals surface area contributed by atoms with E-state index in [-0.39, 0.29) is 28.8 Å². The van der Waals surface area contributed by atoms with E-state index in [4.69, 9.17) is 15.2 Å². The topological polar surface area (TPSA) is 90.7 Å². The Hall–Kier alpha value is -1.14. The Bertz CT molecular complexity index is 376. The number of esters is 1. The van der Waals surface area contributed by atoms with E-state index in [1.54, 1.807) is 14.0 Å². The van der Waals surface area contributed by atoms with Crippen molar-refractivity contribution in [3.8, 4) is 0 Å². The van der Waals surface area contributed by atoms with E-state index >= 15 is 0 Å². The zero-order chi connectivity index (χ0) is 14.3. The second-order valence-electron chi connectivity index (χ2n) is 5.96. The number of hydrogen-bond acceptors (Lipinski definition) is 5. The van der Waals surface area contributed by atoms with E-state index in [1.807, 2.05) is 0 Å². The Balaban J connectivity index is 1.75. The fourth-order valence-corrected chi connectivity index (χ4v) is 3.38. The summed E-state index contributed by atoms with van der Waals surface area (Å²) in [6, 6.07) is -0.660. The summed E-state index contributed by atoms with van der Waals surface area (Å²) >= 11 is 0. The van der Waals surface area contributed by atoms with E-state index in [0.29, 0.717) is 6.61 Å². The SMILES string of the molecule is CNC(=O)[C@@H](N)[C@@H](C)OCC12CC(C(=O)OC)(C1)C2. The molecular formula is C13H22N2O4. The van der Waals surface area contributed by atoms with Gasteiger partial charge in [0.15, 0.2) is 0 Å². The van der Waals surface area contributed by atoms with Crippen molar-refractivity contribution in [2.75, 3.05) is 20.8 Å². The Kier molecular flexibility index (Phi) is 3.57. The van der Waals surface area contributed by atoms with Crippen molar-refractivity contribution in [3.63, 3.8) is 0 Å². The number of hydrogen-bond donors (Lipinski definition) is 2. The van der Waals surface area contributed by atoms with Gasteiger partial charge >= 0.3 is 5.97 Å². The van der Waals surface area contributed by atoms with Gasteiger partial charge in [0.2, 0.25) is 5.91 Å². The monoisotopic (exact) mass is 270 g/mol. The molecule has 0 aromatic carbocycles. The Morgan fingerprint density at radius 3 is 2.42 bits per heavy atom. The predicted molar refractivity (Wildman–Crippen MR) is 68.2 cm³/mol. The van der Waals surface area contributed by atoms with Crippen LogP contribution < -0.4 is 11.1 Å². The predicted octanol–water partition coefficient (Wildman–Crippen LogP) is -0.192. The minimum atomic E-state index is -0.660. The van der Waals surface area contributed by atoms with Crippen LogP contribution in [0.2, 0.25) is 0 Å². The third kappa shape index (κ3) is 2.23. The number of rotatable bonds is 6. The lowest BCUT2D eigenvalue weighted by molar-refractivity contribution is -0.245. The molecule has 0 aromatic heterocycles. The number of nitrogens with one attached hydrogen (secondary N) is 1. The van der Waals surface area contributed by atoms with Gasteiger partial charge in [-0.15, -0.1) is 0 Å². The lowest BCUT2D eigenvalue weighted by Crippen LogP contribution is -2.67. The molecule has 0 radical (unpaired) electrons. The van der Waals surface area contributed by atoms with Crippen molar-refractivity contribution in [2.45, 2.75) is 38.3 Å². The molecule has 0 spiro atoms. The lowest BCUT2D eigenvalue weighted by atomic mass is 9.35. The van der Waals surface area contributed by atoms with Crippen LogP contribution >= 0.6 is 0 Å². The quantitative estimate of drug-likeness (QED) is 0.653. The van der Waals surface area contributed by atoms with Gasteiger partial charge in [-0.25, -0.2) is 0 Å². The summed E-state index contributed by atoms with van der Waals surface area (Å²) in [5, 5.41) is 2.50. The van der Waals surface area contributed by atoms with Crippen LogP contribution in [0.25, 0.3) is 0 Å². The Labute approximate surface area is 113 Å². The normalized spacial score (nSPS) is 34.5. The molecule has 3 N–H and O–H groups in total. The standard InChI is InChI=1S/C13H22N2O4/c1-8(9(14)10(16)15-2)19-7-12-4-13(5-12,6-12)11(17)18-3/h8-9H,4-7,14H2,1-3H3,(H,15,16)/t8-,9+,12?,13?/m1/s1. The van der Waals surface area contributed by atoms with Gasteiger partial charge in [0, 0.05) is 7.05 Å². The molecule has 0 aliphatic heterocycles. The molecule has 0 saturated heterocycles. The van der Waals surface area contributed by atoms with Crippen molar-refractivity contribution >= 4 is 11.9 Å². The van der Waals surface area contributed by atoms with Crippen molar-refractivity contribution in [3.05, 3.63) is 0 Å². The van der Waals surface area contributed by atoms with Crippen LogP contribution in [0.3, 0.4) is 0 Å². The molecule has 108 valence electrons. The van der Waals surface area contributed by atoms with Gasteiger partial charge in [-0.2, -0.15) is 0 Å². The Morgan fingerprint density at radius 1 is 1.37 bits per heavy atom. The molecule has 3 rings (SSSR count). The summed E-state index contributed by atoms with van der Waals surface area (Å²) in [5.74, 6) is -0.333. The highest BCUT2D eigenvalue weighted by molar-refractivity contribution is 5.82. The summed E-state index contributed by atoms with van der Waals surface area (Å²) < 4.78 is 10.5. The van der Waals surface area contributed by atoms with E-state index < -0.39 is 6.04 Å². The minimum Gasteiger partial charge on any atom is -0.469 e. The van der Waals surface area contributed by atoms with Gasteiger partial charge in [-0.1, -0.05) is 0 Å². The number of nitrogens with two attached hydrogens (primary N) is 1. The maximum absolute atomic E-state index is 11.5. The van der Waals surface area contributed by atoms with Gasteiger partial charge in [-0.05, 0) is 31.6 Å². The van der Waals surface area contributed by atoms with Gasteiger partial charge in [0.25, 0.3) is 0 Å². The highest BCUT2D eigenvalue weighted by atomic mass is 16.5. The van der Waals surface area contributed by atoms with Crippen molar-refractivity contribution in [2.24, 2.45) is 16.6 Å². The zero-order valence-corrected chi connectivity index (χ0v) is 11.7. The molecule has 6 nitrogen and oxygen atoms in total. The average Bonchev–Trinajstić information content (AvgIpc) is 2.32. The van der Waals surface area contributed by atoms with Crippen LogP contribution in [0.5, 0.6) is 0 Å². The number of likely N-dealkylation sites (N-methyl/N-ethyl adjacent to an activating group) is 1. The van der Waals surface area contributed by atoms with E-state index in [1.165, 1.54) is 7.11 Å². The second-order valence-corrected chi connectivity index (χ2v) is 5.96. The maximum Gasteiger partial charge on any atom is 0.311 e. The molecule has 3 aliphatic rings. The zero-order valence-electron chi connectivity index (χ0n) is 11.7. The van der Waals surface area contributed by atoms with E-state index in [0.717, 1.165) is 19.3 Å². The molecule has 3 fully saturated rings. The first-order valence-corrected chi connectivity index (χ1v) is 6.55. The summed E-state index contributed by atoms with van der Waals surface area (Å²) in [6.45, 7) is 2.35. The second kappa shape index (κ2) is 4.76. The van der Waals surface area contributed by atoms with E-state index in [2.05, 4.69) is 5.32 Å². The molecule has 3 aliphatic carbocycles. The fourth-order valence-electron chi connectivity index (χ4n) is 3.38. The van der Waals surface area contributed by atoms with Crippen molar-refractivity contribution in [1.82, 2.24) is 5.32 Å². The first-order chi connectivity index (χ1) is 8.88. The minimum absolute atomic E-state index is 0.102. The number of methoxy groups -OCH3 is 1. The van der Waals surface area contributed by atoms with Gasteiger partial charge < -0.3 is 20.5 Å². The molecule has 2 atom stereocenters. The molecule has 0 heterocycles. The average molecular weight is 270 g/mol. The third-order valence-electron chi connectivity index (χ3n) is 4.47. The molecule has 3 saturated carbocycles. The van der Waals surface area contributed by atoms with Gasteiger partial charge in [0.1, 0.15) is 6.04 Å². The molecule has 6 heteroatoms. The lowest BCUT2D eigenvalue weighted by Gasteiger charge is -2.68. The first-order valence-electron chi connectivity index (χ1n) is 6.55. The van der Waals surface area contributed by atoms with Gasteiger partial charge in [0.05, 0.1) is 25.2 Å². The molecule has 0 aromatic rings. The number of carbonyl (C=O) groups excluding carboxylic acids is 2. The van der Waals surface area contributed by atoms with Crippen LogP contribution in [-0.2, 0) is 19.1 Å².